The molecule has 0 spiro atoms. The van der Waals surface area contributed by atoms with Gasteiger partial charge in [0.05, 0.1) is 19.1 Å². The zero-order chi connectivity index (χ0) is 20.1. The molecule has 0 aliphatic carbocycles. The zero-order valence-electron chi connectivity index (χ0n) is 17.0. The Balaban J connectivity index is 2.87. The van der Waals surface area contributed by atoms with Crippen molar-refractivity contribution < 1.29 is 28.6 Å². The van der Waals surface area contributed by atoms with Crippen molar-refractivity contribution in [3.8, 4) is 0 Å². The predicted octanol–water partition coefficient (Wildman–Crippen LogP) is 2.80. The molecule has 1 fully saturated rings. The van der Waals surface area contributed by atoms with Crippen molar-refractivity contribution in [2.75, 3.05) is 26.2 Å². The average Bonchev–Trinajstić information content (AvgIpc) is 2.43. The first-order valence-corrected chi connectivity index (χ1v) is 8.95. The van der Waals surface area contributed by atoms with E-state index in [1.54, 1.807) is 48.5 Å². The summed E-state index contributed by atoms with van der Waals surface area (Å²) in [6.07, 6.45) is -0.974. The van der Waals surface area contributed by atoms with Crippen molar-refractivity contribution in [3.63, 3.8) is 0 Å². The van der Waals surface area contributed by atoms with Crippen LogP contribution in [0.5, 0.6) is 0 Å². The van der Waals surface area contributed by atoms with E-state index in [-0.39, 0.29) is 26.1 Å². The van der Waals surface area contributed by atoms with Gasteiger partial charge in [-0.1, -0.05) is 0 Å². The van der Waals surface area contributed by atoms with Crippen LogP contribution in [0.4, 0.5) is 9.59 Å². The number of esters is 1. The SMILES string of the molecule is CCOC(=O)CC1CN(C(=O)OC(C)(C)C)CCN1C(=O)OC(C)(C)C. The van der Waals surface area contributed by atoms with Gasteiger partial charge in [0.1, 0.15) is 11.2 Å². The van der Waals surface area contributed by atoms with Crippen molar-refractivity contribution in [3.05, 3.63) is 0 Å². The summed E-state index contributed by atoms with van der Waals surface area (Å²) in [5.74, 6) is -0.419. The highest BCUT2D eigenvalue weighted by Gasteiger charge is 2.37. The molecular formula is C18H32N2O6. The molecule has 0 saturated carbocycles. The highest BCUT2D eigenvalue weighted by molar-refractivity contribution is 5.74. The summed E-state index contributed by atoms with van der Waals surface area (Å²) >= 11 is 0. The van der Waals surface area contributed by atoms with Crippen molar-refractivity contribution in [1.29, 1.82) is 0 Å². The number of hydrogen-bond acceptors (Lipinski definition) is 6. The van der Waals surface area contributed by atoms with Crippen LogP contribution in [0.25, 0.3) is 0 Å². The van der Waals surface area contributed by atoms with Crippen LogP contribution in [-0.4, -0.2) is 71.4 Å². The molecule has 0 radical (unpaired) electrons. The van der Waals surface area contributed by atoms with Gasteiger partial charge in [0.2, 0.25) is 0 Å². The smallest absolute Gasteiger partial charge is 0.410 e. The Morgan fingerprint density at radius 2 is 1.46 bits per heavy atom. The van der Waals surface area contributed by atoms with Gasteiger partial charge in [-0.3, -0.25) is 4.79 Å². The van der Waals surface area contributed by atoms with Gasteiger partial charge >= 0.3 is 18.2 Å². The topological polar surface area (TPSA) is 85.4 Å². The second-order valence-corrected chi connectivity index (χ2v) is 8.26. The minimum atomic E-state index is -0.645. The number of hydrogen-bond donors (Lipinski definition) is 0. The fourth-order valence-corrected chi connectivity index (χ4v) is 2.50. The molecule has 1 saturated heterocycles. The number of rotatable bonds is 3. The van der Waals surface area contributed by atoms with E-state index in [0.29, 0.717) is 6.54 Å². The lowest BCUT2D eigenvalue weighted by Gasteiger charge is -2.41. The lowest BCUT2D eigenvalue weighted by Crippen LogP contribution is -2.58. The van der Waals surface area contributed by atoms with E-state index in [1.807, 2.05) is 0 Å². The summed E-state index contributed by atoms with van der Waals surface area (Å²) in [5, 5.41) is 0. The molecule has 0 N–H and O–H groups in total. The molecule has 1 aliphatic rings. The van der Waals surface area contributed by atoms with Gasteiger partial charge < -0.3 is 24.0 Å². The summed E-state index contributed by atoms with van der Waals surface area (Å²) in [4.78, 5) is 39.7. The third-order valence-electron chi connectivity index (χ3n) is 3.47. The predicted molar refractivity (Wildman–Crippen MR) is 95.8 cm³/mol. The Labute approximate surface area is 155 Å². The first-order chi connectivity index (χ1) is 11.8. The molecule has 150 valence electrons. The monoisotopic (exact) mass is 372 g/mol. The third-order valence-corrected chi connectivity index (χ3v) is 3.47. The third kappa shape index (κ3) is 7.49. The van der Waals surface area contributed by atoms with Gasteiger partial charge in [-0.15, -0.1) is 0 Å². The standard InChI is InChI=1S/C18H32N2O6/c1-8-24-14(21)11-13-12-19(15(22)25-17(2,3)4)9-10-20(13)16(23)26-18(5,6)7/h13H,8-12H2,1-7H3. The number of carbonyl (C=O) groups is 3. The number of ether oxygens (including phenoxy) is 3. The first-order valence-electron chi connectivity index (χ1n) is 8.95. The molecular weight excluding hydrogens is 340 g/mol. The molecule has 0 bridgehead atoms. The zero-order valence-corrected chi connectivity index (χ0v) is 17.0. The summed E-state index contributed by atoms with van der Waals surface area (Å²) < 4.78 is 15.8. The molecule has 1 atom stereocenters. The molecule has 0 aromatic carbocycles. The van der Waals surface area contributed by atoms with Crippen molar-refractivity contribution in [2.45, 2.75) is 72.1 Å². The van der Waals surface area contributed by atoms with Crippen molar-refractivity contribution in [1.82, 2.24) is 9.80 Å². The molecule has 26 heavy (non-hydrogen) atoms. The van der Waals surface area contributed by atoms with Crippen LogP contribution in [0.15, 0.2) is 0 Å². The lowest BCUT2D eigenvalue weighted by molar-refractivity contribution is -0.145. The van der Waals surface area contributed by atoms with Crippen LogP contribution >= 0.6 is 0 Å². The maximum atomic E-state index is 12.5. The van der Waals surface area contributed by atoms with Crippen molar-refractivity contribution >= 4 is 18.2 Å². The number of carbonyl (C=O) groups excluding carboxylic acids is 3. The van der Waals surface area contributed by atoms with Gasteiger partial charge in [-0.25, -0.2) is 9.59 Å². The summed E-state index contributed by atoms with van der Waals surface area (Å²) in [5.41, 5.74) is -1.26. The van der Waals surface area contributed by atoms with Crippen LogP contribution in [0, 0.1) is 0 Å². The molecule has 0 aromatic rings. The van der Waals surface area contributed by atoms with Gasteiger partial charge in [0.25, 0.3) is 0 Å². The molecule has 8 heteroatoms. The first kappa shape index (κ1) is 22.1. The lowest BCUT2D eigenvalue weighted by atomic mass is 10.1. The minimum absolute atomic E-state index is 0.00756. The van der Waals surface area contributed by atoms with Crippen LogP contribution in [-0.2, 0) is 19.0 Å². The second kappa shape index (κ2) is 8.60. The average molecular weight is 372 g/mol. The summed E-state index contributed by atoms with van der Waals surface area (Å²) in [6, 6.07) is -0.523. The fourth-order valence-electron chi connectivity index (χ4n) is 2.50. The van der Waals surface area contributed by atoms with E-state index < -0.39 is 35.4 Å². The van der Waals surface area contributed by atoms with Crippen LogP contribution in [0.1, 0.15) is 54.9 Å². The van der Waals surface area contributed by atoms with Crippen LogP contribution in [0.2, 0.25) is 0 Å². The Morgan fingerprint density at radius 3 is 1.96 bits per heavy atom. The molecule has 8 nitrogen and oxygen atoms in total. The van der Waals surface area contributed by atoms with E-state index in [4.69, 9.17) is 14.2 Å². The summed E-state index contributed by atoms with van der Waals surface area (Å²) in [6.45, 7) is 13.4. The summed E-state index contributed by atoms with van der Waals surface area (Å²) in [7, 11) is 0. The molecule has 1 aliphatic heterocycles. The molecule has 1 heterocycles. The highest BCUT2D eigenvalue weighted by atomic mass is 16.6. The Morgan fingerprint density at radius 1 is 0.923 bits per heavy atom. The molecule has 1 rings (SSSR count). The largest absolute Gasteiger partial charge is 0.466 e. The number of nitrogens with zero attached hydrogens (tertiary/aromatic N) is 2. The van der Waals surface area contributed by atoms with Gasteiger partial charge in [-0.2, -0.15) is 0 Å². The van der Waals surface area contributed by atoms with E-state index in [2.05, 4.69) is 0 Å². The Bertz CT molecular complexity index is 521. The quantitative estimate of drug-likeness (QED) is 0.559. The van der Waals surface area contributed by atoms with Gasteiger partial charge in [-0.05, 0) is 48.5 Å². The molecule has 1 unspecified atom stereocenters. The second-order valence-electron chi connectivity index (χ2n) is 8.26. The van der Waals surface area contributed by atoms with Crippen molar-refractivity contribution in [2.24, 2.45) is 0 Å². The Hall–Kier alpha value is -1.99. The fraction of sp³-hybridized carbons (Fsp3) is 0.833. The van der Waals surface area contributed by atoms with E-state index in [0.717, 1.165) is 0 Å². The minimum Gasteiger partial charge on any atom is -0.466 e. The maximum Gasteiger partial charge on any atom is 0.410 e. The van der Waals surface area contributed by atoms with Gasteiger partial charge in [0.15, 0.2) is 0 Å². The van der Waals surface area contributed by atoms with E-state index in [9.17, 15) is 14.4 Å². The van der Waals surface area contributed by atoms with E-state index >= 15 is 0 Å². The highest BCUT2D eigenvalue weighted by Crippen LogP contribution is 2.20. The normalized spacial score (nSPS) is 18.3. The van der Waals surface area contributed by atoms with Crippen LogP contribution < -0.4 is 0 Å². The molecule has 0 aromatic heterocycles. The maximum absolute atomic E-state index is 12.5. The molecule has 2 amide bonds. The van der Waals surface area contributed by atoms with E-state index in [1.165, 1.54) is 9.80 Å². The number of amides is 2. The van der Waals surface area contributed by atoms with Gasteiger partial charge in [0, 0.05) is 19.6 Å². The Kier molecular flexibility index (Phi) is 7.29. The number of piperazine rings is 1. The van der Waals surface area contributed by atoms with Crippen LogP contribution in [0.3, 0.4) is 0 Å².